The second kappa shape index (κ2) is 5.97. The van der Waals surface area contributed by atoms with Crippen LogP contribution in [0.1, 0.15) is 28.8 Å². The number of aryl methyl sites for hydroxylation is 1. The van der Waals surface area contributed by atoms with Gasteiger partial charge < -0.3 is 10.2 Å². The number of benzene rings is 1. The first-order chi connectivity index (χ1) is 10.6. The molecular weight excluding hydrogens is 278 g/mol. The molecule has 0 atom stereocenters. The number of hydrogen-bond acceptors (Lipinski definition) is 3. The van der Waals surface area contributed by atoms with E-state index in [9.17, 15) is 9.59 Å². The topological polar surface area (TPSA) is 62.3 Å². The van der Waals surface area contributed by atoms with Gasteiger partial charge in [0.25, 0.3) is 5.91 Å². The Kier molecular flexibility index (Phi) is 3.87. The number of carbonyl (C=O) groups is 2. The van der Waals surface area contributed by atoms with E-state index in [4.69, 9.17) is 0 Å². The van der Waals surface area contributed by atoms with E-state index < -0.39 is 0 Å². The van der Waals surface area contributed by atoms with E-state index in [2.05, 4.69) is 10.3 Å². The monoisotopic (exact) mass is 295 g/mol. The summed E-state index contributed by atoms with van der Waals surface area (Å²) in [5, 5.41) is 2.75. The minimum atomic E-state index is -0.212. The molecule has 5 nitrogen and oxygen atoms in total. The Labute approximate surface area is 129 Å². The van der Waals surface area contributed by atoms with Crippen molar-refractivity contribution in [1.82, 2.24) is 4.98 Å². The maximum Gasteiger partial charge on any atom is 0.256 e. The molecule has 1 saturated heterocycles. The molecule has 1 fully saturated rings. The number of hydrogen-bond donors (Lipinski definition) is 1. The average Bonchev–Trinajstić information content (AvgIpc) is 2.96. The summed E-state index contributed by atoms with van der Waals surface area (Å²) in [4.78, 5) is 29.8. The summed E-state index contributed by atoms with van der Waals surface area (Å²) in [6, 6.07) is 10.7. The molecule has 0 saturated carbocycles. The van der Waals surface area contributed by atoms with Crippen LogP contribution in [0, 0.1) is 6.92 Å². The Morgan fingerprint density at radius 2 is 1.95 bits per heavy atom. The van der Waals surface area contributed by atoms with Gasteiger partial charge in [0.15, 0.2) is 0 Å². The van der Waals surface area contributed by atoms with Crippen LogP contribution in [0.2, 0.25) is 0 Å². The first-order valence-electron chi connectivity index (χ1n) is 7.28. The van der Waals surface area contributed by atoms with E-state index in [-0.39, 0.29) is 11.8 Å². The summed E-state index contributed by atoms with van der Waals surface area (Å²) in [6.45, 7) is 2.69. The Balaban J connectivity index is 1.70. The Morgan fingerprint density at radius 3 is 2.55 bits per heavy atom. The molecule has 1 aromatic carbocycles. The second-order valence-electron chi connectivity index (χ2n) is 5.37. The van der Waals surface area contributed by atoms with Crippen LogP contribution in [0.4, 0.5) is 11.5 Å². The third kappa shape index (κ3) is 2.98. The fourth-order valence-electron chi connectivity index (χ4n) is 2.44. The molecule has 0 radical (unpaired) electrons. The van der Waals surface area contributed by atoms with Crippen molar-refractivity contribution in [1.29, 1.82) is 0 Å². The summed E-state index contributed by atoms with van der Waals surface area (Å²) in [5.74, 6) is 0.450. The van der Waals surface area contributed by atoms with Gasteiger partial charge in [-0.25, -0.2) is 4.98 Å². The SMILES string of the molecule is Cc1ccc(NC(=O)c2ccc(N3CCCC3=O)cc2)nc1. The van der Waals surface area contributed by atoms with Crippen molar-refractivity contribution in [3.05, 3.63) is 53.7 Å². The van der Waals surface area contributed by atoms with Gasteiger partial charge in [0, 0.05) is 30.4 Å². The molecule has 1 aliphatic rings. The highest BCUT2D eigenvalue weighted by molar-refractivity contribution is 6.04. The summed E-state index contributed by atoms with van der Waals surface area (Å²) in [5.41, 5.74) is 2.42. The number of pyridine rings is 1. The Bertz CT molecular complexity index is 693. The van der Waals surface area contributed by atoms with Gasteiger partial charge in [-0.15, -0.1) is 0 Å². The molecule has 5 heteroatoms. The molecule has 2 aromatic rings. The predicted molar refractivity (Wildman–Crippen MR) is 85.0 cm³/mol. The number of aromatic nitrogens is 1. The van der Waals surface area contributed by atoms with Crippen LogP contribution in [0.25, 0.3) is 0 Å². The first-order valence-corrected chi connectivity index (χ1v) is 7.28. The smallest absolute Gasteiger partial charge is 0.256 e. The zero-order chi connectivity index (χ0) is 15.5. The van der Waals surface area contributed by atoms with Crippen molar-refractivity contribution in [3.63, 3.8) is 0 Å². The Hall–Kier alpha value is -2.69. The van der Waals surface area contributed by atoms with E-state index in [1.54, 1.807) is 41.4 Å². The van der Waals surface area contributed by atoms with Gasteiger partial charge in [0.05, 0.1) is 0 Å². The summed E-state index contributed by atoms with van der Waals surface area (Å²) in [7, 11) is 0. The molecule has 2 amide bonds. The molecule has 0 unspecified atom stereocenters. The van der Waals surface area contributed by atoms with Gasteiger partial charge in [0.1, 0.15) is 5.82 Å². The Morgan fingerprint density at radius 1 is 1.18 bits per heavy atom. The van der Waals surface area contributed by atoms with Gasteiger partial charge in [-0.05, 0) is 49.2 Å². The van der Waals surface area contributed by atoms with Crippen molar-refractivity contribution < 1.29 is 9.59 Å². The zero-order valence-corrected chi connectivity index (χ0v) is 12.4. The zero-order valence-electron chi connectivity index (χ0n) is 12.4. The first kappa shape index (κ1) is 14.3. The van der Waals surface area contributed by atoms with Crippen LogP contribution < -0.4 is 10.2 Å². The molecule has 1 aromatic heterocycles. The van der Waals surface area contributed by atoms with Crippen LogP contribution in [-0.4, -0.2) is 23.3 Å². The molecule has 1 aliphatic heterocycles. The number of nitrogens with one attached hydrogen (secondary N) is 1. The lowest BCUT2D eigenvalue weighted by atomic mass is 10.2. The largest absolute Gasteiger partial charge is 0.312 e. The lowest BCUT2D eigenvalue weighted by Gasteiger charge is -2.15. The van der Waals surface area contributed by atoms with Crippen LogP contribution in [0.15, 0.2) is 42.6 Å². The molecule has 3 rings (SSSR count). The molecule has 2 heterocycles. The molecule has 22 heavy (non-hydrogen) atoms. The minimum Gasteiger partial charge on any atom is -0.312 e. The fraction of sp³-hybridized carbons (Fsp3) is 0.235. The summed E-state index contributed by atoms with van der Waals surface area (Å²) in [6.07, 6.45) is 3.19. The van der Waals surface area contributed by atoms with Crippen molar-refractivity contribution in [2.45, 2.75) is 19.8 Å². The number of amides is 2. The summed E-state index contributed by atoms with van der Waals surface area (Å²) >= 11 is 0. The number of anilines is 2. The van der Waals surface area contributed by atoms with Crippen LogP contribution in [0.3, 0.4) is 0 Å². The van der Waals surface area contributed by atoms with Crippen molar-refractivity contribution in [3.8, 4) is 0 Å². The lowest BCUT2D eigenvalue weighted by molar-refractivity contribution is -0.117. The minimum absolute atomic E-state index is 0.140. The summed E-state index contributed by atoms with van der Waals surface area (Å²) < 4.78 is 0. The number of nitrogens with zero attached hydrogens (tertiary/aromatic N) is 2. The van der Waals surface area contributed by atoms with Crippen LogP contribution in [-0.2, 0) is 4.79 Å². The van der Waals surface area contributed by atoms with Gasteiger partial charge in [-0.3, -0.25) is 9.59 Å². The quantitative estimate of drug-likeness (QED) is 0.947. The van der Waals surface area contributed by atoms with Gasteiger partial charge >= 0.3 is 0 Å². The second-order valence-corrected chi connectivity index (χ2v) is 5.37. The highest BCUT2D eigenvalue weighted by atomic mass is 16.2. The molecule has 112 valence electrons. The van der Waals surface area contributed by atoms with E-state index in [1.165, 1.54) is 0 Å². The lowest BCUT2D eigenvalue weighted by Crippen LogP contribution is -2.23. The van der Waals surface area contributed by atoms with Crippen molar-refractivity contribution >= 4 is 23.3 Å². The average molecular weight is 295 g/mol. The number of carbonyl (C=O) groups excluding carboxylic acids is 2. The fourth-order valence-corrected chi connectivity index (χ4v) is 2.44. The van der Waals surface area contributed by atoms with Crippen LogP contribution >= 0.6 is 0 Å². The van der Waals surface area contributed by atoms with Crippen LogP contribution in [0.5, 0.6) is 0 Å². The molecule has 0 aliphatic carbocycles. The molecule has 0 spiro atoms. The third-order valence-electron chi connectivity index (χ3n) is 3.67. The normalized spacial score (nSPS) is 14.2. The number of rotatable bonds is 3. The van der Waals surface area contributed by atoms with E-state index in [0.717, 1.165) is 24.2 Å². The van der Waals surface area contributed by atoms with Gasteiger partial charge in [-0.1, -0.05) is 6.07 Å². The standard InChI is InChI=1S/C17H17N3O2/c1-12-4-9-15(18-11-12)19-17(22)13-5-7-14(8-6-13)20-10-2-3-16(20)21/h4-9,11H,2-3,10H2,1H3,(H,18,19,22). The van der Waals surface area contributed by atoms with E-state index >= 15 is 0 Å². The highest BCUT2D eigenvalue weighted by Gasteiger charge is 2.21. The highest BCUT2D eigenvalue weighted by Crippen LogP contribution is 2.21. The molecule has 0 bridgehead atoms. The predicted octanol–water partition coefficient (Wildman–Crippen LogP) is 2.77. The van der Waals surface area contributed by atoms with Gasteiger partial charge in [0.2, 0.25) is 5.91 Å². The van der Waals surface area contributed by atoms with E-state index in [1.807, 2.05) is 13.0 Å². The maximum absolute atomic E-state index is 12.2. The molecule has 1 N–H and O–H groups in total. The van der Waals surface area contributed by atoms with Crippen molar-refractivity contribution in [2.75, 3.05) is 16.8 Å². The molecular formula is C17H17N3O2. The van der Waals surface area contributed by atoms with Gasteiger partial charge in [-0.2, -0.15) is 0 Å². The van der Waals surface area contributed by atoms with Crippen molar-refractivity contribution in [2.24, 2.45) is 0 Å². The van der Waals surface area contributed by atoms with E-state index in [0.29, 0.717) is 17.8 Å². The third-order valence-corrected chi connectivity index (χ3v) is 3.67. The maximum atomic E-state index is 12.2.